The van der Waals surface area contributed by atoms with Crippen molar-refractivity contribution in [1.82, 2.24) is 25.3 Å². The van der Waals surface area contributed by atoms with Crippen LogP contribution in [0.5, 0.6) is 0 Å². The summed E-state index contributed by atoms with van der Waals surface area (Å²) >= 11 is 1.61. The fourth-order valence-electron chi connectivity index (χ4n) is 2.74. The standard InChI is InChI=1S/C15H16N6OS/c1-9-17-12-3-2-10(6-14(12)23-9)18-15(22)13-8-21(20-19-13)11-4-5-16-7-11/h2-3,6,8,11,16H,4-5,7H2,1H3,(H,18,22). The lowest BCUT2D eigenvalue weighted by Gasteiger charge is -2.06. The molecule has 118 valence electrons. The number of benzene rings is 1. The van der Waals surface area contributed by atoms with Crippen molar-refractivity contribution < 1.29 is 4.79 Å². The third-order valence-corrected chi connectivity index (χ3v) is 4.84. The molecule has 2 N–H and O–H groups in total. The molecule has 8 heteroatoms. The van der Waals surface area contributed by atoms with Crippen LogP contribution in [0.15, 0.2) is 24.4 Å². The zero-order chi connectivity index (χ0) is 15.8. The molecule has 3 heterocycles. The van der Waals surface area contributed by atoms with E-state index in [2.05, 4.69) is 25.9 Å². The van der Waals surface area contributed by atoms with E-state index in [0.717, 1.165) is 40.4 Å². The van der Waals surface area contributed by atoms with Gasteiger partial charge in [-0.2, -0.15) is 0 Å². The second-order valence-electron chi connectivity index (χ2n) is 5.60. The summed E-state index contributed by atoms with van der Waals surface area (Å²) in [5.74, 6) is -0.247. The van der Waals surface area contributed by atoms with Crippen LogP contribution >= 0.6 is 11.3 Å². The maximum Gasteiger partial charge on any atom is 0.277 e. The monoisotopic (exact) mass is 328 g/mol. The summed E-state index contributed by atoms with van der Waals surface area (Å²) in [6.45, 7) is 3.81. The number of carbonyl (C=O) groups is 1. The van der Waals surface area contributed by atoms with Gasteiger partial charge in [-0.1, -0.05) is 5.21 Å². The Bertz CT molecular complexity index is 864. The number of aryl methyl sites for hydroxylation is 1. The van der Waals surface area contributed by atoms with Crippen LogP contribution in [0.25, 0.3) is 10.2 Å². The molecule has 3 aromatic rings. The van der Waals surface area contributed by atoms with Crippen molar-refractivity contribution in [2.75, 3.05) is 18.4 Å². The molecule has 0 aliphatic carbocycles. The Kier molecular flexibility index (Phi) is 3.55. The molecule has 1 aliphatic rings. The Hall–Kier alpha value is -2.32. The fraction of sp³-hybridized carbons (Fsp3) is 0.333. The molecule has 1 unspecified atom stereocenters. The number of nitrogens with one attached hydrogen (secondary N) is 2. The minimum Gasteiger partial charge on any atom is -0.320 e. The number of amides is 1. The van der Waals surface area contributed by atoms with Gasteiger partial charge in [0.25, 0.3) is 5.91 Å². The van der Waals surface area contributed by atoms with Crippen molar-refractivity contribution in [2.45, 2.75) is 19.4 Å². The fourth-order valence-corrected chi connectivity index (χ4v) is 3.60. The topological polar surface area (TPSA) is 84.7 Å². The summed E-state index contributed by atoms with van der Waals surface area (Å²) in [6, 6.07) is 5.98. The lowest BCUT2D eigenvalue weighted by Crippen LogP contribution is -2.14. The average molecular weight is 328 g/mol. The first-order chi connectivity index (χ1) is 11.2. The number of hydrogen-bond acceptors (Lipinski definition) is 6. The number of hydrogen-bond donors (Lipinski definition) is 2. The van der Waals surface area contributed by atoms with Gasteiger partial charge in [-0.3, -0.25) is 4.79 Å². The first-order valence-electron chi connectivity index (χ1n) is 7.50. The van der Waals surface area contributed by atoms with Crippen LogP contribution < -0.4 is 10.6 Å². The van der Waals surface area contributed by atoms with Crippen LogP contribution in [0.3, 0.4) is 0 Å². The molecule has 0 bridgehead atoms. The largest absolute Gasteiger partial charge is 0.320 e. The molecular formula is C15H16N6OS. The third kappa shape index (κ3) is 2.82. The zero-order valence-electron chi connectivity index (χ0n) is 12.6. The van der Waals surface area contributed by atoms with E-state index in [1.54, 1.807) is 22.2 Å². The zero-order valence-corrected chi connectivity index (χ0v) is 13.4. The lowest BCUT2D eigenvalue weighted by molar-refractivity contribution is 0.102. The van der Waals surface area contributed by atoms with Gasteiger partial charge in [0.15, 0.2) is 5.69 Å². The lowest BCUT2D eigenvalue weighted by atomic mass is 10.2. The molecule has 1 aromatic carbocycles. The molecule has 1 atom stereocenters. The van der Waals surface area contributed by atoms with Gasteiger partial charge in [0.2, 0.25) is 0 Å². The molecule has 0 radical (unpaired) electrons. The van der Waals surface area contributed by atoms with Crippen LogP contribution in [-0.2, 0) is 0 Å². The van der Waals surface area contributed by atoms with Crippen molar-refractivity contribution in [1.29, 1.82) is 0 Å². The maximum absolute atomic E-state index is 12.3. The molecule has 1 aliphatic heterocycles. The third-order valence-electron chi connectivity index (χ3n) is 3.90. The van der Waals surface area contributed by atoms with Crippen molar-refractivity contribution in [2.24, 2.45) is 0 Å². The normalized spacial score (nSPS) is 17.7. The SMILES string of the molecule is Cc1nc2ccc(NC(=O)c3cn(C4CCNC4)nn3)cc2s1. The van der Waals surface area contributed by atoms with E-state index in [9.17, 15) is 4.79 Å². The summed E-state index contributed by atoms with van der Waals surface area (Å²) in [7, 11) is 0. The predicted molar refractivity (Wildman–Crippen MR) is 88.9 cm³/mol. The van der Waals surface area contributed by atoms with Gasteiger partial charge in [-0.25, -0.2) is 9.67 Å². The van der Waals surface area contributed by atoms with Gasteiger partial charge in [-0.05, 0) is 38.1 Å². The van der Waals surface area contributed by atoms with Crippen molar-refractivity contribution in [3.05, 3.63) is 35.1 Å². The maximum atomic E-state index is 12.3. The van der Waals surface area contributed by atoms with E-state index in [4.69, 9.17) is 0 Å². The quantitative estimate of drug-likeness (QED) is 0.768. The summed E-state index contributed by atoms with van der Waals surface area (Å²) < 4.78 is 2.82. The van der Waals surface area contributed by atoms with Gasteiger partial charge in [-0.15, -0.1) is 16.4 Å². The Labute approximate surface area is 136 Å². The number of carbonyl (C=O) groups excluding carboxylic acids is 1. The number of aromatic nitrogens is 4. The van der Waals surface area contributed by atoms with Crippen LogP contribution in [0.2, 0.25) is 0 Å². The molecular weight excluding hydrogens is 312 g/mol. The van der Waals surface area contributed by atoms with Gasteiger partial charge in [0, 0.05) is 12.2 Å². The molecule has 4 rings (SSSR count). The van der Waals surface area contributed by atoms with Crippen molar-refractivity contribution in [3.8, 4) is 0 Å². The summed E-state index contributed by atoms with van der Waals surface area (Å²) in [5.41, 5.74) is 2.02. The average Bonchev–Trinajstić information content (AvgIpc) is 3.26. The summed E-state index contributed by atoms with van der Waals surface area (Å²) in [5, 5.41) is 15.2. The molecule has 1 saturated heterocycles. The van der Waals surface area contributed by atoms with Crippen molar-refractivity contribution >= 4 is 33.1 Å². The molecule has 0 spiro atoms. The van der Waals surface area contributed by atoms with E-state index < -0.39 is 0 Å². The van der Waals surface area contributed by atoms with Gasteiger partial charge in [0.05, 0.1) is 27.5 Å². The first kappa shape index (κ1) is 14.3. The molecule has 23 heavy (non-hydrogen) atoms. The predicted octanol–water partition coefficient (Wildman–Crippen LogP) is 1.98. The summed E-state index contributed by atoms with van der Waals surface area (Å²) in [4.78, 5) is 16.7. The number of anilines is 1. The number of fused-ring (bicyclic) bond motifs is 1. The Morgan fingerprint density at radius 2 is 2.39 bits per heavy atom. The van der Waals surface area contributed by atoms with Crippen molar-refractivity contribution in [3.63, 3.8) is 0 Å². The first-order valence-corrected chi connectivity index (χ1v) is 8.32. The van der Waals surface area contributed by atoms with Gasteiger partial charge < -0.3 is 10.6 Å². The smallest absolute Gasteiger partial charge is 0.277 e. The van der Waals surface area contributed by atoms with Gasteiger partial charge in [0.1, 0.15) is 0 Å². The molecule has 1 fully saturated rings. The Balaban J connectivity index is 1.51. The molecule has 2 aromatic heterocycles. The number of nitrogens with zero attached hydrogens (tertiary/aromatic N) is 4. The highest BCUT2D eigenvalue weighted by atomic mass is 32.1. The highest BCUT2D eigenvalue weighted by Gasteiger charge is 2.20. The van der Waals surface area contributed by atoms with Crippen LogP contribution in [0.4, 0.5) is 5.69 Å². The number of rotatable bonds is 3. The van der Waals surface area contributed by atoms with E-state index in [1.807, 2.05) is 25.1 Å². The second-order valence-corrected chi connectivity index (χ2v) is 6.83. The van der Waals surface area contributed by atoms with E-state index in [0.29, 0.717) is 5.69 Å². The van der Waals surface area contributed by atoms with Crippen LogP contribution in [0, 0.1) is 6.92 Å². The highest BCUT2D eigenvalue weighted by Crippen LogP contribution is 2.25. The van der Waals surface area contributed by atoms with E-state index in [1.165, 1.54) is 0 Å². The van der Waals surface area contributed by atoms with E-state index >= 15 is 0 Å². The molecule has 1 amide bonds. The minimum atomic E-state index is -0.247. The Morgan fingerprint density at radius 1 is 1.48 bits per heavy atom. The highest BCUT2D eigenvalue weighted by molar-refractivity contribution is 7.18. The number of thiazole rings is 1. The van der Waals surface area contributed by atoms with E-state index in [-0.39, 0.29) is 11.9 Å². The Morgan fingerprint density at radius 3 is 3.22 bits per heavy atom. The molecule has 7 nitrogen and oxygen atoms in total. The van der Waals surface area contributed by atoms with Crippen LogP contribution in [0.1, 0.15) is 28.0 Å². The van der Waals surface area contributed by atoms with Gasteiger partial charge >= 0.3 is 0 Å². The second kappa shape index (κ2) is 5.71. The summed E-state index contributed by atoms with van der Waals surface area (Å²) in [6.07, 6.45) is 2.72. The minimum absolute atomic E-state index is 0.247. The van der Waals surface area contributed by atoms with Crippen LogP contribution in [-0.4, -0.2) is 39.0 Å². The molecule has 0 saturated carbocycles.